The zero-order valence-electron chi connectivity index (χ0n) is 10.0. The Bertz CT molecular complexity index is 452. The molecule has 0 saturated heterocycles. The minimum Gasteiger partial charge on any atom is -0.389 e. The average molecular weight is 331 g/mol. The number of ether oxygens (including phenoxy) is 1. The molecule has 1 aromatic rings. The molecule has 18 heavy (non-hydrogen) atoms. The number of hydrogen-bond donors (Lipinski definition) is 2. The maximum absolute atomic E-state index is 11.7. The molecule has 1 rings (SSSR count). The Hall–Kier alpha value is -0.980. The van der Waals surface area contributed by atoms with E-state index in [0.29, 0.717) is 30.7 Å². The number of halogens is 1. The van der Waals surface area contributed by atoms with Crippen LogP contribution in [0.15, 0.2) is 22.7 Å². The monoisotopic (exact) mass is 330 g/mol. The fraction of sp³-hybridized carbons (Fsp3) is 0.333. The summed E-state index contributed by atoms with van der Waals surface area (Å²) in [6.07, 6.45) is 1.08. The van der Waals surface area contributed by atoms with Crippen LogP contribution in [-0.4, -0.2) is 24.6 Å². The number of amides is 1. The Morgan fingerprint density at radius 2 is 2.28 bits per heavy atom. The number of methoxy groups -OCH3 is 1. The van der Waals surface area contributed by atoms with Gasteiger partial charge in [0.15, 0.2) is 0 Å². The van der Waals surface area contributed by atoms with Crippen molar-refractivity contribution in [2.24, 2.45) is 5.73 Å². The lowest BCUT2D eigenvalue weighted by Crippen LogP contribution is -2.17. The van der Waals surface area contributed by atoms with E-state index < -0.39 is 0 Å². The molecule has 1 aromatic carbocycles. The number of carbonyl (C=O) groups is 1. The molecular weight excluding hydrogens is 316 g/mol. The van der Waals surface area contributed by atoms with Crippen molar-refractivity contribution < 1.29 is 9.53 Å². The highest BCUT2D eigenvalue weighted by Gasteiger charge is 2.09. The molecule has 0 fully saturated rings. The highest BCUT2D eigenvalue weighted by atomic mass is 79.9. The number of carbonyl (C=O) groups excluding carboxylic acids is 1. The number of nitrogens with one attached hydrogen (secondary N) is 1. The van der Waals surface area contributed by atoms with Crippen molar-refractivity contribution in [1.82, 2.24) is 0 Å². The van der Waals surface area contributed by atoms with Crippen molar-refractivity contribution in [3.8, 4) is 0 Å². The van der Waals surface area contributed by atoms with Gasteiger partial charge in [0.25, 0.3) is 0 Å². The quantitative estimate of drug-likeness (QED) is 0.621. The molecular formula is C12H15BrN2O2S. The molecule has 0 aromatic heterocycles. The lowest BCUT2D eigenvalue weighted by Gasteiger charge is -2.10. The second-order valence-electron chi connectivity index (χ2n) is 3.70. The summed E-state index contributed by atoms with van der Waals surface area (Å²) >= 11 is 8.29. The minimum atomic E-state index is -0.0809. The summed E-state index contributed by atoms with van der Waals surface area (Å²) in [7, 11) is 1.61. The topological polar surface area (TPSA) is 64.3 Å². The van der Waals surface area contributed by atoms with Crippen LogP contribution in [0.1, 0.15) is 18.4 Å². The molecule has 0 bridgehead atoms. The van der Waals surface area contributed by atoms with Gasteiger partial charge in [0, 0.05) is 30.2 Å². The molecule has 0 aliphatic heterocycles. The van der Waals surface area contributed by atoms with E-state index in [9.17, 15) is 4.79 Å². The first-order chi connectivity index (χ1) is 8.54. The summed E-state index contributed by atoms with van der Waals surface area (Å²) in [5.74, 6) is -0.0809. The van der Waals surface area contributed by atoms with E-state index in [0.717, 1.165) is 4.47 Å². The third-order valence-corrected chi connectivity index (χ3v) is 2.99. The number of benzene rings is 1. The van der Waals surface area contributed by atoms with Gasteiger partial charge in [0.2, 0.25) is 5.91 Å². The average Bonchev–Trinajstić information content (AvgIpc) is 2.29. The molecule has 0 radical (unpaired) electrons. The Kier molecular flexibility index (Phi) is 6.24. The normalized spacial score (nSPS) is 10.1. The van der Waals surface area contributed by atoms with Crippen LogP contribution in [0, 0.1) is 0 Å². The molecule has 98 valence electrons. The van der Waals surface area contributed by atoms with Crippen LogP contribution >= 0.6 is 28.1 Å². The number of thiocarbonyl (C=S) groups is 1. The van der Waals surface area contributed by atoms with Gasteiger partial charge in [-0.3, -0.25) is 4.79 Å². The smallest absolute Gasteiger partial charge is 0.224 e. The lowest BCUT2D eigenvalue weighted by atomic mass is 10.1. The summed E-state index contributed by atoms with van der Waals surface area (Å²) in [6, 6.07) is 5.38. The van der Waals surface area contributed by atoms with Crippen LogP contribution in [-0.2, 0) is 9.53 Å². The zero-order chi connectivity index (χ0) is 13.5. The van der Waals surface area contributed by atoms with Gasteiger partial charge in [0.05, 0.1) is 5.69 Å². The lowest BCUT2D eigenvalue weighted by molar-refractivity contribution is -0.116. The van der Waals surface area contributed by atoms with E-state index in [1.165, 1.54) is 0 Å². The predicted molar refractivity (Wildman–Crippen MR) is 79.8 cm³/mol. The maximum Gasteiger partial charge on any atom is 0.224 e. The largest absolute Gasteiger partial charge is 0.389 e. The zero-order valence-corrected chi connectivity index (χ0v) is 12.4. The molecule has 0 spiro atoms. The molecule has 6 heteroatoms. The molecule has 0 unspecified atom stereocenters. The SMILES string of the molecule is COCCCC(=O)Nc1cc(Br)ccc1C(N)=S. The van der Waals surface area contributed by atoms with Crippen LogP contribution in [0.4, 0.5) is 5.69 Å². The van der Waals surface area contributed by atoms with Gasteiger partial charge >= 0.3 is 0 Å². The van der Waals surface area contributed by atoms with Gasteiger partial charge in [-0.05, 0) is 24.6 Å². The van der Waals surface area contributed by atoms with Gasteiger partial charge in [-0.25, -0.2) is 0 Å². The number of nitrogens with two attached hydrogens (primary N) is 1. The van der Waals surface area contributed by atoms with Crippen LogP contribution in [0.5, 0.6) is 0 Å². The van der Waals surface area contributed by atoms with Crippen LogP contribution in [0.3, 0.4) is 0 Å². The van der Waals surface area contributed by atoms with Crippen molar-refractivity contribution in [2.45, 2.75) is 12.8 Å². The van der Waals surface area contributed by atoms with E-state index in [4.69, 9.17) is 22.7 Å². The first-order valence-electron chi connectivity index (χ1n) is 5.42. The van der Waals surface area contributed by atoms with Crippen molar-refractivity contribution in [3.63, 3.8) is 0 Å². The molecule has 1 amide bonds. The maximum atomic E-state index is 11.7. The van der Waals surface area contributed by atoms with Crippen molar-refractivity contribution in [2.75, 3.05) is 19.0 Å². The van der Waals surface area contributed by atoms with Crippen LogP contribution in [0.2, 0.25) is 0 Å². The molecule has 0 aliphatic rings. The molecule has 0 saturated carbocycles. The van der Waals surface area contributed by atoms with E-state index in [2.05, 4.69) is 21.2 Å². The van der Waals surface area contributed by atoms with Crippen LogP contribution < -0.4 is 11.1 Å². The first-order valence-corrected chi connectivity index (χ1v) is 6.63. The highest BCUT2D eigenvalue weighted by molar-refractivity contribution is 9.10. The Morgan fingerprint density at radius 3 is 2.89 bits per heavy atom. The Morgan fingerprint density at radius 1 is 1.56 bits per heavy atom. The number of anilines is 1. The van der Waals surface area contributed by atoms with Gasteiger partial charge in [-0.1, -0.05) is 28.1 Å². The molecule has 3 N–H and O–H groups in total. The van der Waals surface area contributed by atoms with Gasteiger partial charge in [-0.15, -0.1) is 0 Å². The summed E-state index contributed by atoms with van der Waals surface area (Å²) in [5.41, 5.74) is 6.89. The van der Waals surface area contributed by atoms with Gasteiger partial charge in [-0.2, -0.15) is 0 Å². The summed E-state index contributed by atoms with van der Waals surface area (Å²) in [6.45, 7) is 0.564. The Balaban J connectivity index is 2.73. The van der Waals surface area contributed by atoms with E-state index >= 15 is 0 Å². The van der Waals surface area contributed by atoms with Crippen molar-refractivity contribution in [1.29, 1.82) is 0 Å². The van der Waals surface area contributed by atoms with E-state index in [1.54, 1.807) is 19.2 Å². The fourth-order valence-electron chi connectivity index (χ4n) is 1.42. The Labute approximate surface area is 120 Å². The third kappa shape index (κ3) is 4.72. The van der Waals surface area contributed by atoms with Gasteiger partial charge < -0.3 is 15.8 Å². The van der Waals surface area contributed by atoms with Gasteiger partial charge in [0.1, 0.15) is 4.99 Å². The first kappa shape index (κ1) is 15.1. The molecule has 0 heterocycles. The summed E-state index contributed by atoms with van der Waals surface area (Å²) in [5, 5.41) is 2.80. The minimum absolute atomic E-state index is 0.0809. The summed E-state index contributed by atoms with van der Waals surface area (Å²) in [4.78, 5) is 12.0. The second kappa shape index (κ2) is 7.45. The molecule has 0 atom stereocenters. The highest BCUT2D eigenvalue weighted by Crippen LogP contribution is 2.21. The van der Waals surface area contributed by atoms with E-state index in [1.807, 2.05) is 6.07 Å². The third-order valence-electron chi connectivity index (χ3n) is 2.27. The standard InChI is InChI=1S/C12H15BrN2O2S/c1-17-6-2-3-11(16)15-10-7-8(13)4-5-9(10)12(14)18/h4-5,7H,2-3,6H2,1H3,(H2,14,18)(H,15,16). The van der Waals surface area contributed by atoms with E-state index in [-0.39, 0.29) is 10.9 Å². The molecule has 4 nitrogen and oxygen atoms in total. The molecule has 0 aliphatic carbocycles. The second-order valence-corrected chi connectivity index (χ2v) is 5.05. The predicted octanol–water partition coefficient (Wildman–Crippen LogP) is 2.45. The van der Waals surface area contributed by atoms with Crippen molar-refractivity contribution >= 4 is 44.7 Å². The number of rotatable bonds is 6. The summed E-state index contributed by atoms with van der Waals surface area (Å²) < 4.78 is 5.75. The fourth-order valence-corrected chi connectivity index (χ4v) is 1.96. The van der Waals surface area contributed by atoms with Crippen molar-refractivity contribution in [3.05, 3.63) is 28.2 Å². The number of hydrogen-bond acceptors (Lipinski definition) is 3. The van der Waals surface area contributed by atoms with Crippen LogP contribution in [0.25, 0.3) is 0 Å².